The van der Waals surface area contributed by atoms with Gasteiger partial charge in [0.05, 0.1) is 5.25 Å². The first-order valence-corrected chi connectivity index (χ1v) is 12.1. The minimum atomic E-state index is -3.76. The van der Waals surface area contributed by atoms with E-state index in [0.717, 1.165) is 50.5 Å². The molecule has 0 heterocycles. The summed E-state index contributed by atoms with van der Waals surface area (Å²) in [6.07, 6.45) is 12.3. The van der Waals surface area contributed by atoms with Crippen LogP contribution >= 0.6 is 0 Å². The second kappa shape index (κ2) is 13.0. The topological polar surface area (TPSA) is 63.6 Å². The van der Waals surface area contributed by atoms with Crippen molar-refractivity contribution in [1.29, 1.82) is 0 Å². The second-order valence-electron chi connectivity index (χ2n) is 7.58. The molecule has 0 aliphatic rings. The number of phenolic OH excluding ortho intramolecular Hbond substituents is 1. The van der Waals surface area contributed by atoms with E-state index < -0.39 is 15.4 Å². The van der Waals surface area contributed by atoms with Crippen molar-refractivity contribution in [3.8, 4) is 11.5 Å². The number of rotatable bonds is 15. The zero-order chi connectivity index (χ0) is 20.1. The van der Waals surface area contributed by atoms with Crippen molar-refractivity contribution in [2.45, 2.75) is 103 Å². The lowest BCUT2D eigenvalue weighted by atomic mass is 10.0. The Morgan fingerprint density at radius 2 is 1.41 bits per heavy atom. The average Bonchev–Trinajstić information content (AvgIpc) is 2.62. The van der Waals surface area contributed by atoms with Gasteiger partial charge in [-0.2, -0.15) is 8.42 Å². The van der Waals surface area contributed by atoms with E-state index in [9.17, 15) is 13.5 Å². The van der Waals surface area contributed by atoms with E-state index in [1.807, 2.05) is 6.92 Å². The number of hydrogen-bond acceptors (Lipinski definition) is 4. The van der Waals surface area contributed by atoms with E-state index in [-0.39, 0.29) is 11.5 Å². The first-order valence-electron chi connectivity index (χ1n) is 10.6. The molecule has 1 aromatic rings. The molecule has 0 bridgehead atoms. The molecule has 156 valence electrons. The molecular weight excluding hydrogens is 360 g/mol. The van der Waals surface area contributed by atoms with Crippen molar-refractivity contribution in [2.75, 3.05) is 0 Å². The van der Waals surface area contributed by atoms with Gasteiger partial charge in [-0.3, -0.25) is 0 Å². The number of phenols is 1. The number of aromatic hydroxyl groups is 1. The van der Waals surface area contributed by atoms with Gasteiger partial charge in [-0.1, -0.05) is 84.1 Å². The lowest BCUT2D eigenvalue weighted by Gasteiger charge is -2.18. The second-order valence-corrected chi connectivity index (χ2v) is 9.39. The normalized spacial score (nSPS) is 12.9. The van der Waals surface area contributed by atoms with Crippen LogP contribution < -0.4 is 4.18 Å². The molecule has 1 aromatic carbocycles. The number of unbranched alkanes of at least 4 members (excludes halogenated alkanes) is 8. The van der Waals surface area contributed by atoms with Gasteiger partial charge in [-0.25, -0.2) is 0 Å². The van der Waals surface area contributed by atoms with E-state index in [1.54, 1.807) is 12.1 Å². The Morgan fingerprint density at radius 1 is 0.889 bits per heavy atom. The minimum absolute atomic E-state index is 0.0384. The maximum atomic E-state index is 12.9. The molecule has 0 spiro atoms. The van der Waals surface area contributed by atoms with Crippen molar-refractivity contribution >= 4 is 10.1 Å². The van der Waals surface area contributed by atoms with Gasteiger partial charge >= 0.3 is 10.1 Å². The minimum Gasteiger partial charge on any atom is -0.504 e. The largest absolute Gasteiger partial charge is 0.504 e. The van der Waals surface area contributed by atoms with E-state index in [2.05, 4.69) is 13.8 Å². The number of hydrogen-bond donors (Lipinski definition) is 1. The van der Waals surface area contributed by atoms with Crippen LogP contribution in [0.2, 0.25) is 0 Å². The summed E-state index contributed by atoms with van der Waals surface area (Å²) in [6.45, 7) is 6.18. The van der Waals surface area contributed by atoms with Crippen molar-refractivity contribution in [3.63, 3.8) is 0 Å². The highest BCUT2D eigenvalue weighted by Crippen LogP contribution is 2.30. The Morgan fingerprint density at radius 3 is 2.00 bits per heavy atom. The molecular formula is C22H38O4S. The van der Waals surface area contributed by atoms with Crippen molar-refractivity contribution in [1.82, 2.24) is 0 Å². The first-order chi connectivity index (χ1) is 12.9. The van der Waals surface area contributed by atoms with E-state index in [0.29, 0.717) is 12.8 Å². The summed E-state index contributed by atoms with van der Waals surface area (Å²) in [5, 5.41) is 9.43. The van der Waals surface area contributed by atoms with Crippen LogP contribution in [0.5, 0.6) is 11.5 Å². The van der Waals surface area contributed by atoms with Gasteiger partial charge < -0.3 is 9.29 Å². The maximum Gasteiger partial charge on any atom is 0.312 e. The van der Waals surface area contributed by atoms with E-state index in [1.165, 1.54) is 25.3 Å². The molecule has 0 aliphatic heterocycles. The molecule has 0 amide bonds. The Bertz CT molecular complexity index is 625. The molecule has 27 heavy (non-hydrogen) atoms. The fourth-order valence-corrected chi connectivity index (χ4v) is 4.70. The van der Waals surface area contributed by atoms with Crippen LogP contribution in [0.25, 0.3) is 0 Å². The lowest BCUT2D eigenvalue weighted by molar-refractivity contribution is 0.414. The van der Waals surface area contributed by atoms with E-state index in [4.69, 9.17) is 4.18 Å². The maximum absolute atomic E-state index is 12.9. The molecule has 0 fully saturated rings. The molecule has 4 nitrogen and oxygen atoms in total. The van der Waals surface area contributed by atoms with Gasteiger partial charge in [0.2, 0.25) is 0 Å². The predicted octanol–water partition coefficient (Wildman–Crippen LogP) is 6.50. The summed E-state index contributed by atoms with van der Waals surface area (Å²) in [4.78, 5) is 0. The van der Waals surface area contributed by atoms with Crippen LogP contribution in [0.1, 0.15) is 96.5 Å². The molecule has 1 unspecified atom stereocenters. The van der Waals surface area contributed by atoms with Crippen molar-refractivity contribution < 1.29 is 17.7 Å². The van der Waals surface area contributed by atoms with Crippen LogP contribution in [-0.4, -0.2) is 18.8 Å². The average molecular weight is 399 g/mol. The van der Waals surface area contributed by atoms with Gasteiger partial charge in [0.15, 0.2) is 11.5 Å². The van der Waals surface area contributed by atoms with Gasteiger partial charge in [-0.05, 0) is 37.5 Å². The Kier molecular flexibility index (Phi) is 11.5. The molecule has 1 rings (SSSR count). The van der Waals surface area contributed by atoms with Crippen molar-refractivity contribution in [2.24, 2.45) is 0 Å². The van der Waals surface area contributed by atoms with Crippen LogP contribution in [0, 0.1) is 6.92 Å². The van der Waals surface area contributed by atoms with E-state index >= 15 is 0 Å². The summed E-state index contributed by atoms with van der Waals surface area (Å²) < 4.78 is 31.1. The summed E-state index contributed by atoms with van der Waals surface area (Å²) >= 11 is 0. The fourth-order valence-electron chi connectivity index (χ4n) is 3.27. The van der Waals surface area contributed by atoms with Crippen LogP contribution in [-0.2, 0) is 10.1 Å². The van der Waals surface area contributed by atoms with Gasteiger partial charge in [-0.15, -0.1) is 0 Å². The standard InChI is InChI=1S/C22H38O4S/c1-4-6-8-10-11-13-15-20(14-12-9-7-5-2)27(24,25)26-22-18-19(3)16-17-21(22)23/h16-18,20,23H,4-15H2,1-3H3. The van der Waals surface area contributed by atoms with Crippen LogP contribution in [0.4, 0.5) is 0 Å². The van der Waals surface area contributed by atoms with Gasteiger partial charge in [0.1, 0.15) is 0 Å². The molecule has 0 saturated carbocycles. The molecule has 0 saturated heterocycles. The number of benzene rings is 1. The molecule has 0 radical (unpaired) electrons. The summed E-state index contributed by atoms with van der Waals surface area (Å²) in [6, 6.07) is 4.78. The van der Waals surface area contributed by atoms with Gasteiger partial charge in [0.25, 0.3) is 0 Å². The molecule has 1 atom stereocenters. The third-order valence-corrected chi connectivity index (χ3v) is 6.69. The van der Waals surface area contributed by atoms with Crippen LogP contribution in [0.15, 0.2) is 18.2 Å². The summed E-state index contributed by atoms with van der Waals surface area (Å²) in [7, 11) is -3.76. The first kappa shape index (κ1) is 23.8. The van der Waals surface area contributed by atoms with Gasteiger partial charge in [0, 0.05) is 0 Å². The lowest BCUT2D eigenvalue weighted by Crippen LogP contribution is -2.26. The highest BCUT2D eigenvalue weighted by molar-refractivity contribution is 7.87. The highest BCUT2D eigenvalue weighted by atomic mass is 32.2. The fraction of sp³-hybridized carbons (Fsp3) is 0.727. The molecule has 1 N–H and O–H groups in total. The zero-order valence-electron chi connectivity index (χ0n) is 17.4. The third-order valence-electron chi connectivity index (χ3n) is 4.99. The third kappa shape index (κ3) is 9.50. The monoisotopic (exact) mass is 398 g/mol. The van der Waals surface area contributed by atoms with Crippen molar-refractivity contribution in [3.05, 3.63) is 23.8 Å². The Labute approximate surface area is 166 Å². The molecule has 0 aromatic heterocycles. The SMILES string of the molecule is CCCCCCCCC(CCCCCC)S(=O)(=O)Oc1cc(C)ccc1O. The highest BCUT2D eigenvalue weighted by Gasteiger charge is 2.27. The smallest absolute Gasteiger partial charge is 0.312 e. The predicted molar refractivity (Wildman–Crippen MR) is 113 cm³/mol. The quantitative estimate of drug-likeness (QED) is 0.270. The Balaban J connectivity index is 2.70. The Hall–Kier alpha value is -1.23. The zero-order valence-corrected chi connectivity index (χ0v) is 18.2. The number of aryl methyl sites for hydroxylation is 1. The summed E-state index contributed by atoms with van der Waals surface area (Å²) in [5.41, 5.74) is 0.855. The van der Waals surface area contributed by atoms with Crippen LogP contribution in [0.3, 0.4) is 0 Å². The molecule has 5 heteroatoms. The molecule has 0 aliphatic carbocycles. The summed E-state index contributed by atoms with van der Waals surface area (Å²) in [5.74, 6) is -0.0926.